The summed E-state index contributed by atoms with van der Waals surface area (Å²) in [5.74, 6) is 0. The Morgan fingerprint density at radius 3 is 2.31 bits per heavy atom. The van der Waals surface area contributed by atoms with Gasteiger partial charge in [0.05, 0.1) is 11.8 Å². The Labute approximate surface area is 91.0 Å². The van der Waals surface area contributed by atoms with Crippen LogP contribution in [0.5, 0.6) is 0 Å². The van der Waals surface area contributed by atoms with Gasteiger partial charge in [-0.05, 0) is 5.56 Å². The molecule has 0 saturated heterocycles. The van der Waals surface area contributed by atoms with Crippen molar-refractivity contribution >= 4 is 10.3 Å². The molecular weight excluding hydrogens is 232 g/mol. The average molecular weight is 240 g/mol. The molecule has 0 amide bonds. The van der Waals surface area contributed by atoms with Gasteiger partial charge in [-0.2, -0.15) is 12.5 Å². The maximum Gasteiger partial charge on any atom is 0.377 e. The predicted octanol–water partition coefficient (Wildman–Crippen LogP) is 0.494. The van der Waals surface area contributed by atoms with Crippen LogP contribution in [0, 0.1) is 0 Å². The summed E-state index contributed by atoms with van der Waals surface area (Å²) < 4.78 is 30.7. The largest absolute Gasteiger partial charge is 0.377 e. The highest BCUT2D eigenvalue weighted by atomic mass is 32.2. The van der Waals surface area contributed by atoms with Crippen LogP contribution in [0.15, 0.2) is 41.3 Å². The number of aromatic nitrogens is 2. The molecule has 0 bridgehead atoms. The lowest BCUT2D eigenvalue weighted by molar-refractivity contribution is 0.465. The molecule has 0 aliphatic carbocycles. The lowest BCUT2D eigenvalue weighted by atomic mass is 10.1. The first-order valence-corrected chi connectivity index (χ1v) is 5.73. The zero-order valence-corrected chi connectivity index (χ0v) is 8.81. The fraction of sp³-hybridized carbons (Fsp3) is 0. The fourth-order valence-electron chi connectivity index (χ4n) is 1.32. The predicted molar refractivity (Wildman–Crippen MR) is 57.4 cm³/mol. The SMILES string of the molecule is O=c1[nH]n(S(=O)(=O)O)cc1-c1ccccc1. The first kappa shape index (κ1) is 10.7. The summed E-state index contributed by atoms with van der Waals surface area (Å²) in [5.41, 5.74) is 0.174. The summed E-state index contributed by atoms with van der Waals surface area (Å²) in [6.07, 6.45) is 1.03. The Balaban J connectivity index is 2.61. The van der Waals surface area contributed by atoms with Gasteiger partial charge < -0.3 is 0 Å². The highest BCUT2D eigenvalue weighted by Crippen LogP contribution is 2.14. The molecule has 0 aliphatic heterocycles. The lowest BCUT2D eigenvalue weighted by Gasteiger charge is -1.94. The first-order valence-electron chi connectivity index (χ1n) is 4.33. The fourth-order valence-corrected chi connectivity index (χ4v) is 1.75. The van der Waals surface area contributed by atoms with Crippen LogP contribution in [-0.4, -0.2) is 22.2 Å². The Bertz CT molecular complexity index is 654. The van der Waals surface area contributed by atoms with Crippen molar-refractivity contribution in [3.05, 3.63) is 46.9 Å². The maximum absolute atomic E-state index is 11.4. The van der Waals surface area contributed by atoms with E-state index in [1.54, 1.807) is 30.3 Å². The van der Waals surface area contributed by atoms with Gasteiger partial charge in [0.2, 0.25) is 0 Å². The highest BCUT2D eigenvalue weighted by Gasteiger charge is 2.13. The number of H-pyrrole nitrogens is 1. The van der Waals surface area contributed by atoms with Gasteiger partial charge in [0.15, 0.2) is 0 Å². The normalized spacial score (nSPS) is 11.6. The van der Waals surface area contributed by atoms with Crippen LogP contribution in [0.25, 0.3) is 11.1 Å². The molecule has 0 fully saturated rings. The molecule has 7 heteroatoms. The Morgan fingerprint density at radius 1 is 1.19 bits per heavy atom. The minimum Gasteiger partial charge on any atom is -0.268 e. The summed E-state index contributed by atoms with van der Waals surface area (Å²) in [7, 11) is -4.45. The van der Waals surface area contributed by atoms with Crippen molar-refractivity contribution in [1.29, 1.82) is 0 Å². The highest BCUT2D eigenvalue weighted by molar-refractivity contribution is 7.84. The zero-order chi connectivity index (χ0) is 11.8. The molecule has 0 radical (unpaired) electrons. The number of nitrogens with zero attached hydrogens (tertiary/aromatic N) is 1. The van der Waals surface area contributed by atoms with Crippen LogP contribution in [-0.2, 0) is 10.3 Å². The lowest BCUT2D eigenvalue weighted by Crippen LogP contribution is -2.14. The van der Waals surface area contributed by atoms with E-state index in [1.165, 1.54) is 0 Å². The molecule has 2 aromatic rings. The van der Waals surface area contributed by atoms with E-state index in [2.05, 4.69) is 0 Å². The van der Waals surface area contributed by atoms with Crippen molar-refractivity contribution in [2.45, 2.75) is 0 Å². The van der Waals surface area contributed by atoms with E-state index < -0.39 is 15.9 Å². The average Bonchev–Trinajstić information content (AvgIpc) is 2.61. The number of hydrogen-bond acceptors (Lipinski definition) is 3. The summed E-state index contributed by atoms with van der Waals surface area (Å²) in [6.45, 7) is 0. The van der Waals surface area contributed by atoms with Gasteiger partial charge in [-0.3, -0.25) is 9.35 Å². The topological polar surface area (TPSA) is 92.2 Å². The summed E-state index contributed by atoms with van der Waals surface area (Å²) in [6, 6.07) is 8.55. The van der Waals surface area contributed by atoms with Gasteiger partial charge in [0.1, 0.15) is 0 Å². The monoisotopic (exact) mass is 240 g/mol. The standard InChI is InChI=1S/C9H8N2O4S/c12-9-8(7-4-2-1-3-5-7)6-11(10-9)16(13,14)15/h1-6H,(H,10,12)(H,13,14,15). The first-order chi connectivity index (χ1) is 7.48. The van der Waals surface area contributed by atoms with E-state index in [0.717, 1.165) is 6.20 Å². The second-order valence-corrected chi connectivity index (χ2v) is 4.41. The zero-order valence-electron chi connectivity index (χ0n) is 7.99. The number of rotatable bonds is 2. The van der Waals surface area contributed by atoms with Crippen LogP contribution in [0.3, 0.4) is 0 Å². The maximum atomic E-state index is 11.4. The van der Waals surface area contributed by atoms with Gasteiger partial charge in [-0.25, -0.2) is 5.10 Å². The molecule has 0 saturated carbocycles. The van der Waals surface area contributed by atoms with Crippen molar-refractivity contribution in [2.75, 3.05) is 0 Å². The molecule has 0 atom stereocenters. The second-order valence-electron chi connectivity index (χ2n) is 3.12. The molecule has 2 N–H and O–H groups in total. The van der Waals surface area contributed by atoms with Crippen molar-refractivity contribution in [3.63, 3.8) is 0 Å². The van der Waals surface area contributed by atoms with E-state index >= 15 is 0 Å². The van der Waals surface area contributed by atoms with Crippen LogP contribution >= 0.6 is 0 Å². The van der Waals surface area contributed by atoms with Gasteiger partial charge in [-0.15, -0.1) is 0 Å². The molecular formula is C9H8N2O4S. The van der Waals surface area contributed by atoms with Gasteiger partial charge in [0.25, 0.3) is 5.56 Å². The van der Waals surface area contributed by atoms with Crippen LogP contribution in [0.2, 0.25) is 0 Å². The van der Waals surface area contributed by atoms with E-state index in [9.17, 15) is 13.2 Å². The van der Waals surface area contributed by atoms with Crippen molar-refractivity contribution < 1.29 is 13.0 Å². The smallest absolute Gasteiger partial charge is 0.268 e. The number of nitrogens with one attached hydrogen (secondary N) is 1. The summed E-state index contributed by atoms with van der Waals surface area (Å²) in [5, 5.41) is 2.01. The molecule has 0 unspecified atom stereocenters. The van der Waals surface area contributed by atoms with Gasteiger partial charge in [0, 0.05) is 0 Å². The third-order valence-electron chi connectivity index (χ3n) is 2.04. The molecule has 2 rings (SSSR count). The minimum atomic E-state index is -4.45. The van der Waals surface area contributed by atoms with E-state index in [1.807, 2.05) is 5.10 Å². The molecule has 84 valence electrons. The molecule has 16 heavy (non-hydrogen) atoms. The molecule has 0 aliphatic rings. The van der Waals surface area contributed by atoms with Crippen LogP contribution in [0.4, 0.5) is 0 Å². The van der Waals surface area contributed by atoms with Crippen LogP contribution in [0.1, 0.15) is 0 Å². The van der Waals surface area contributed by atoms with Crippen molar-refractivity contribution in [1.82, 2.24) is 9.19 Å². The molecule has 1 heterocycles. The third-order valence-corrected chi connectivity index (χ3v) is 2.73. The second kappa shape index (κ2) is 3.62. The number of hydrogen-bond donors (Lipinski definition) is 2. The molecule has 1 aromatic carbocycles. The summed E-state index contributed by atoms with van der Waals surface area (Å²) >= 11 is 0. The Morgan fingerprint density at radius 2 is 1.81 bits per heavy atom. The Kier molecular flexibility index (Phi) is 2.41. The summed E-state index contributed by atoms with van der Waals surface area (Å²) in [4.78, 5) is 11.4. The quantitative estimate of drug-likeness (QED) is 0.747. The van der Waals surface area contributed by atoms with E-state index in [4.69, 9.17) is 4.55 Å². The molecule has 0 spiro atoms. The van der Waals surface area contributed by atoms with Crippen molar-refractivity contribution in [2.24, 2.45) is 0 Å². The number of aromatic amines is 1. The van der Waals surface area contributed by atoms with E-state index in [0.29, 0.717) is 9.65 Å². The minimum absolute atomic E-state index is 0.179. The van der Waals surface area contributed by atoms with Gasteiger partial charge in [-0.1, -0.05) is 30.3 Å². The van der Waals surface area contributed by atoms with Crippen molar-refractivity contribution in [3.8, 4) is 11.1 Å². The molecule has 6 nitrogen and oxygen atoms in total. The third kappa shape index (κ3) is 1.90. The van der Waals surface area contributed by atoms with E-state index in [-0.39, 0.29) is 5.56 Å². The van der Waals surface area contributed by atoms with Gasteiger partial charge >= 0.3 is 10.3 Å². The number of benzene rings is 1. The van der Waals surface area contributed by atoms with Crippen LogP contribution < -0.4 is 5.56 Å². The Hall–Kier alpha value is -1.86. The molecule has 1 aromatic heterocycles.